The number of carboxylic acid groups (broad SMARTS) is 1. The molecule has 0 aliphatic carbocycles. The molecular weight excluding hydrogens is 222 g/mol. The van der Waals surface area contributed by atoms with Crippen molar-refractivity contribution in [1.29, 1.82) is 0 Å². The maximum atomic E-state index is 11.6. The first kappa shape index (κ1) is 11.1. The number of imidazole rings is 1. The van der Waals surface area contributed by atoms with Crippen LogP contribution < -0.4 is 5.56 Å². The Kier molecular flexibility index (Phi) is 3.04. The van der Waals surface area contributed by atoms with Gasteiger partial charge in [0.25, 0.3) is 5.56 Å². The summed E-state index contributed by atoms with van der Waals surface area (Å²) in [6, 6.07) is 4.21. The van der Waals surface area contributed by atoms with E-state index >= 15 is 0 Å². The van der Waals surface area contributed by atoms with Crippen molar-refractivity contribution in [1.82, 2.24) is 14.1 Å². The minimum absolute atomic E-state index is 0.00221. The molecule has 0 amide bonds. The number of hydrogen-bond donors (Lipinski definition) is 1. The van der Waals surface area contributed by atoms with Gasteiger partial charge in [-0.15, -0.1) is 0 Å². The molecule has 0 unspecified atom stereocenters. The summed E-state index contributed by atoms with van der Waals surface area (Å²) in [5.41, 5.74) is -0.317. The number of hydrogen-bond acceptors (Lipinski definition) is 3. The van der Waals surface area contributed by atoms with Crippen molar-refractivity contribution in [2.24, 2.45) is 0 Å². The number of carbonyl (C=O) groups is 1. The van der Waals surface area contributed by atoms with Crippen molar-refractivity contribution in [2.45, 2.75) is 13.1 Å². The minimum atomic E-state index is -1.10. The average molecular weight is 233 g/mol. The summed E-state index contributed by atoms with van der Waals surface area (Å²) in [6.45, 7) is 0.807. The summed E-state index contributed by atoms with van der Waals surface area (Å²) >= 11 is 0. The number of aromatic nitrogens is 3. The molecule has 0 saturated carbocycles. The first-order valence-electron chi connectivity index (χ1n) is 5.07. The summed E-state index contributed by atoms with van der Waals surface area (Å²) in [4.78, 5) is 26.4. The molecule has 17 heavy (non-hydrogen) atoms. The predicted octanol–water partition coefficient (Wildman–Crippen LogP) is 0.443. The van der Waals surface area contributed by atoms with E-state index < -0.39 is 5.97 Å². The van der Waals surface area contributed by atoms with Gasteiger partial charge in [-0.25, -0.2) is 9.78 Å². The molecule has 0 aliphatic rings. The Bertz CT molecular complexity index is 572. The van der Waals surface area contributed by atoms with Gasteiger partial charge in [-0.1, -0.05) is 6.07 Å². The van der Waals surface area contributed by atoms with Crippen molar-refractivity contribution < 1.29 is 9.90 Å². The lowest BCUT2D eigenvalue weighted by molar-refractivity contribution is 0.0683. The predicted molar refractivity (Wildman–Crippen MR) is 59.9 cm³/mol. The van der Waals surface area contributed by atoms with Crippen LogP contribution in [-0.2, 0) is 13.1 Å². The highest BCUT2D eigenvalue weighted by molar-refractivity contribution is 5.85. The fourth-order valence-electron chi connectivity index (χ4n) is 1.57. The normalized spacial score (nSPS) is 10.4. The number of rotatable bonds is 4. The van der Waals surface area contributed by atoms with E-state index in [2.05, 4.69) is 4.98 Å². The monoisotopic (exact) mass is 233 g/mol. The summed E-state index contributed by atoms with van der Waals surface area (Å²) in [5.74, 6) is -1.10. The molecular formula is C11H11N3O3. The van der Waals surface area contributed by atoms with Crippen LogP contribution in [0.15, 0.2) is 41.7 Å². The van der Waals surface area contributed by atoms with Gasteiger partial charge in [0.1, 0.15) is 5.69 Å². The van der Waals surface area contributed by atoms with Crippen molar-refractivity contribution in [3.05, 3.63) is 53.0 Å². The van der Waals surface area contributed by atoms with Gasteiger partial charge in [-0.3, -0.25) is 4.79 Å². The smallest absolute Gasteiger partial charge is 0.352 e. The molecule has 88 valence electrons. The second-order valence-corrected chi connectivity index (χ2v) is 3.51. The van der Waals surface area contributed by atoms with Crippen molar-refractivity contribution >= 4 is 5.97 Å². The lowest BCUT2D eigenvalue weighted by Gasteiger charge is -2.09. The van der Waals surface area contributed by atoms with Crippen LogP contribution in [0.3, 0.4) is 0 Å². The number of carboxylic acids is 1. The van der Waals surface area contributed by atoms with E-state index in [1.807, 2.05) is 0 Å². The molecule has 0 saturated heterocycles. The summed E-state index contributed by atoms with van der Waals surface area (Å²) in [6.07, 6.45) is 5.01. The fourth-order valence-corrected chi connectivity index (χ4v) is 1.57. The van der Waals surface area contributed by atoms with Gasteiger partial charge >= 0.3 is 5.97 Å². The summed E-state index contributed by atoms with van der Waals surface area (Å²) in [5, 5.41) is 8.97. The van der Waals surface area contributed by atoms with Crippen LogP contribution >= 0.6 is 0 Å². The molecule has 0 atom stereocenters. The van der Waals surface area contributed by atoms with E-state index in [4.69, 9.17) is 5.11 Å². The molecule has 1 N–H and O–H groups in total. The molecule has 2 heterocycles. The molecule has 0 spiro atoms. The Morgan fingerprint density at radius 3 is 2.82 bits per heavy atom. The zero-order chi connectivity index (χ0) is 12.3. The Balaban J connectivity index is 2.25. The highest BCUT2D eigenvalue weighted by Crippen LogP contribution is 1.98. The number of pyridine rings is 1. The molecule has 0 radical (unpaired) electrons. The van der Waals surface area contributed by atoms with Crippen LogP contribution in [0.1, 0.15) is 10.5 Å². The molecule has 2 aromatic rings. The lowest BCUT2D eigenvalue weighted by Crippen LogP contribution is -2.26. The van der Waals surface area contributed by atoms with E-state index in [0.717, 1.165) is 0 Å². The highest BCUT2D eigenvalue weighted by atomic mass is 16.4. The number of aromatic carboxylic acids is 1. The highest BCUT2D eigenvalue weighted by Gasteiger charge is 2.09. The van der Waals surface area contributed by atoms with Crippen molar-refractivity contribution in [2.75, 3.05) is 0 Å². The van der Waals surface area contributed by atoms with E-state index in [9.17, 15) is 9.59 Å². The van der Waals surface area contributed by atoms with Gasteiger partial charge in [0.15, 0.2) is 0 Å². The zero-order valence-electron chi connectivity index (χ0n) is 8.98. The lowest BCUT2D eigenvalue weighted by atomic mass is 10.3. The van der Waals surface area contributed by atoms with E-state index in [1.54, 1.807) is 23.3 Å². The Labute approximate surface area is 96.8 Å². The zero-order valence-corrected chi connectivity index (χ0v) is 8.98. The van der Waals surface area contributed by atoms with Crippen LogP contribution in [0, 0.1) is 0 Å². The first-order valence-corrected chi connectivity index (χ1v) is 5.07. The largest absolute Gasteiger partial charge is 0.477 e. The van der Waals surface area contributed by atoms with Gasteiger partial charge in [0.05, 0.1) is 6.33 Å². The summed E-state index contributed by atoms with van der Waals surface area (Å²) < 4.78 is 3.02. The Morgan fingerprint density at radius 1 is 1.35 bits per heavy atom. The average Bonchev–Trinajstić information content (AvgIpc) is 2.80. The fraction of sp³-hybridized carbons (Fsp3) is 0.182. The second kappa shape index (κ2) is 4.65. The van der Waals surface area contributed by atoms with E-state index in [1.165, 1.54) is 22.8 Å². The minimum Gasteiger partial charge on any atom is -0.477 e. The Hall–Kier alpha value is -2.37. The van der Waals surface area contributed by atoms with Crippen LogP contribution in [0.25, 0.3) is 0 Å². The second-order valence-electron chi connectivity index (χ2n) is 3.51. The van der Waals surface area contributed by atoms with Crippen LogP contribution in [0.2, 0.25) is 0 Å². The van der Waals surface area contributed by atoms with Gasteiger partial charge < -0.3 is 14.2 Å². The SMILES string of the molecule is O=C(O)c1cccc(=O)n1CCn1ccnc1. The van der Waals surface area contributed by atoms with Gasteiger partial charge in [-0.05, 0) is 6.07 Å². The van der Waals surface area contributed by atoms with Crippen molar-refractivity contribution in [3.8, 4) is 0 Å². The molecule has 6 heteroatoms. The molecule has 2 aromatic heterocycles. The molecule has 0 aromatic carbocycles. The topological polar surface area (TPSA) is 77.1 Å². The van der Waals surface area contributed by atoms with E-state index in [0.29, 0.717) is 13.1 Å². The quantitative estimate of drug-likeness (QED) is 0.831. The molecule has 2 rings (SSSR count). The molecule has 0 aliphatic heterocycles. The third kappa shape index (κ3) is 2.41. The van der Waals surface area contributed by atoms with E-state index in [-0.39, 0.29) is 11.3 Å². The molecule has 0 bridgehead atoms. The van der Waals surface area contributed by atoms with Gasteiger partial charge in [0, 0.05) is 31.5 Å². The maximum absolute atomic E-state index is 11.6. The van der Waals surface area contributed by atoms with Crippen LogP contribution in [-0.4, -0.2) is 25.2 Å². The van der Waals surface area contributed by atoms with Gasteiger partial charge in [-0.2, -0.15) is 0 Å². The van der Waals surface area contributed by atoms with Crippen molar-refractivity contribution in [3.63, 3.8) is 0 Å². The molecule has 6 nitrogen and oxygen atoms in total. The van der Waals surface area contributed by atoms with Crippen LogP contribution in [0.5, 0.6) is 0 Å². The first-order chi connectivity index (χ1) is 8.18. The van der Waals surface area contributed by atoms with Crippen LogP contribution in [0.4, 0.5) is 0 Å². The standard InChI is InChI=1S/C11H11N3O3/c15-10-3-1-2-9(11(16)17)14(10)7-6-13-5-4-12-8-13/h1-5,8H,6-7H2,(H,16,17). The third-order valence-corrected chi connectivity index (χ3v) is 2.41. The number of nitrogens with zero attached hydrogens (tertiary/aromatic N) is 3. The maximum Gasteiger partial charge on any atom is 0.352 e. The molecule has 0 fully saturated rings. The summed E-state index contributed by atoms with van der Waals surface area (Å²) in [7, 11) is 0. The van der Waals surface area contributed by atoms with Gasteiger partial charge in [0.2, 0.25) is 0 Å². The number of aryl methyl sites for hydroxylation is 1. The third-order valence-electron chi connectivity index (χ3n) is 2.41. The Morgan fingerprint density at radius 2 is 2.18 bits per heavy atom.